The Bertz CT molecular complexity index is 1290. The van der Waals surface area contributed by atoms with E-state index in [9.17, 15) is 0 Å². The van der Waals surface area contributed by atoms with Gasteiger partial charge in [-0.1, -0.05) is 18.2 Å². The number of methoxy groups -OCH3 is 1. The highest BCUT2D eigenvalue weighted by Crippen LogP contribution is 2.27. The molecule has 4 aromatic heterocycles. The first-order valence-corrected chi connectivity index (χ1v) is 9.28. The van der Waals surface area contributed by atoms with Gasteiger partial charge in [0.25, 0.3) is 0 Å². The zero-order valence-electron chi connectivity index (χ0n) is 16.0. The number of anilines is 1. The average molecular weight is 385 g/mol. The van der Waals surface area contributed by atoms with Gasteiger partial charge >= 0.3 is 0 Å². The summed E-state index contributed by atoms with van der Waals surface area (Å²) in [6, 6.07) is 17.5. The van der Waals surface area contributed by atoms with E-state index < -0.39 is 0 Å². The van der Waals surface area contributed by atoms with Crippen LogP contribution in [0, 0.1) is 0 Å². The van der Waals surface area contributed by atoms with E-state index in [4.69, 9.17) is 9.72 Å². The van der Waals surface area contributed by atoms with E-state index in [1.165, 1.54) is 0 Å². The van der Waals surface area contributed by atoms with Crippen LogP contribution < -0.4 is 10.1 Å². The molecule has 0 aliphatic carbocycles. The Labute approximate surface area is 166 Å². The summed E-state index contributed by atoms with van der Waals surface area (Å²) in [6.45, 7) is 2.06. The van der Waals surface area contributed by atoms with Crippen molar-refractivity contribution in [3.8, 4) is 11.6 Å². The van der Waals surface area contributed by atoms with Crippen molar-refractivity contribution in [2.45, 2.75) is 13.0 Å². The molecule has 5 aromatic rings. The predicted molar refractivity (Wildman–Crippen MR) is 110 cm³/mol. The molecule has 1 aromatic carbocycles. The Balaban J connectivity index is 1.64. The van der Waals surface area contributed by atoms with Crippen molar-refractivity contribution in [1.82, 2.24) is 29.1 Å². The summed E-state index contributed by atoms with van der Waals surface area (Å²) < 4.78 is 9.16. The summed E-state index contributed by atoms with van der Waals surface area (Å²) in [6.07, 6.45) is 3.49. The minimum absolute atomic E-state index is 0.120. The van der Waals surface area contributed by atoms with Crippen LogP contribution in [-0.4, -0.2) is 36.2 Å². The molecular formula is C21H19N7O. The van der Waals surface area contributed by atoms with Gasteiger partial charge < -0.3 is 10.1 Å². The maximum absolute atomic E-state index is 5.33. The van der Waals surface area contributed by atoms with Gasteiger partial charge in [0.1, 0.15) is 17.2 Å². The van der Waals surface area contributed by atoms with Crippen LogP contribution in [-0.2, 0) is 0 Å². The van der Waals surface area contributed by atoms with Gasteiger partial charge in [-0.2, -0.15) is 14.6 Å². The minimum atomic E-state index is -0.120. The normalized spacial score (nSPS) is 12.3. The fraction of sp³-hybridized carbons (Fsp3) is 0.143. The number of ether oxygens (including phenoxy) is 1. The Morgan fingerprint density at radius 3 is 2.66 bits per heavy atom. The van der Waals surface area contributed by atoms with Gasteiger partial charge in [0.2, 0.25) is 5.88 Å². The lowest BCUT2D eigenvalue weighted by atomic mass is 10.2. The number of benzene rings is 1. The number of nitrogens with one attached hydrogen (secondary N) is 1. The van der Waals surface area contributed by atoms with Crippen molar-refractivity contribution < 1.29 is 4.74 Å². The SMILES string of the molecule is COc1ccc2nc(C(C)Nc3ccnc4ccnn34)n(-c3ccccc3)c2n1. The predicted octanol–water partition coefficient (Wildman–Crippen LogP) is 3.64. The van der Waals surface area contributed by atoms with Gasteiger partial charge in [-0.25, -0.2) is 9.97 Å². The molecule has 0 saturated carbocycles. The van der Waals surface area contributed by atoms with Crippen LogP contribution in [0.1, 0.15) is 18.8 Å². The number of hydrogen-bond acceptors (Lipinski definition) is 6. The first-order chi connectivity index (χ1) is 14.2. The van der Waals surface area contributed by atoms with Crippen molar-refractivity contribution in [3.05, 3.63) is 72.8 Å². The second-order valence-electron chi connectivity index (χ2n) is 6.63. The summed E-state index contributed by atoms with van der Waals surface area (Å²) >= 11 is 0. The molecule has 1 N–H and O–H groups in total. The number of fused-ring (bicyclic) bond motifs is 2. The molecule has 0 amide bonds. The third-order valence-electron chi connectivity index (χ3n) is 4.77. The fourth-order valence-electron chi connectivity index (χ4n) is 3.42. The Morgan fingerprint density at radius 1 is 0.966 bits per heavy atom. The quantitative estimate of drug-likeness (QED) is 0.497. The van der Waals surface area contributed by atoms with E-state index in [1.54, 1.807) is 24.0 Å². The molecule has 0 saturated heterocycles. The van der Waals surface area contributed by atoms with Crippen LogP contribution in [0.3, 0.4) is 0 Å². The molecule has 5 rings (SSSR count). The van der Waals surface area contributed by atoms with Gasteiger partial charge in [-0.3, -0.25) is 4.57 Å². The minimum Gasteiger partial charge on any atom is -0.481 e. The van der Waals surface area contributed by atoms with Gasteiger partial charge in [-0.15, -0.1) is 0 Å². The molecule has 1 unspecified atom stereocenters. The fourth-order valence-corrected chi connectivity index (χ4v) is 3.42. The van der Waals surface area contributed by atoms with Crippen molar-refractivity contribution in [2.75, 3.05) is 12.4 Å². The molecular weight excluding hydrogens is 366 g/mol. The van der Waals surface area contributed by atoms with Crippen LogP contribution in [0.2, 0.25) is 0 Å². The van der Waals surface area contributed by atoms with Crippen LogP contribution >= 0.6 is 0 Å². The topological polar surface area (TPSA) is 82.2 Å². The smallest absolute Gasteiger partial charge is 0.215 e. The van der Waals surface area contributed by atoms with Crippen LogP contribution in [0.5, 0.6) is 5.88 Å². The monoisotopic (exact) mass is 385 g/mol. The van der Waals surface area contributed by atoms with Crippen molar-refractivity contribution >= 4 is 22.6 Å². The van der Waals surface area contributed by atoms with Crippen molar-refractivity contribution in [3.63, 3.8) is 0 Å². The average Bonchev–Trinajstić information content (AvgIpc) is 3.39. The van der Waals surface area contributed by atoms with Crippen molar-refractivity contribution in [2.24, 2.45) is 0 Å². The number of pyridine rings is 1. The summed E-state index contributed by atoms with van der Waals surface area (Å²) in [5.41, 5.74) is 3.32. The highest BCUT2D eigenvalue weighted by Gasteiger charge is 2.20. The third kappa shape index (κ3) is 2.94. The molecule has 4 heterocycles. The molecule has 8 heteroatoms. The van der Waals surface area contributed by atoms with E-state index in [0.29, 0.717) is 5.88 Å². The summed E-state index contributed by atoms with van der Waals surface area (Å²) in [7, 11) is 1.61. The van der Waals surface area contributed by atoms with E-state index in [0.717, 1.165) is 34.1 Å². The first-order valence-electron chi connectivity index (χ1n) is 9.28. The summed E-state index contributed by atoms with van der Waals surface area (Å²) in [4.78, 5) is 13.8. The van der Waals surface area contributed by atoms with Crippen LogP contribution in [0.4, 0.5) is 5.82 Å². The number of para-hydroxylation sites is 1. The number of aromatic nitrogens is 6. The van der Waals surface area contributed by atoms with Crippen LogP contribution in [0.15, 0.2) is 67.0 Å². The standard InChI is InChI=1S/C21H19N7O/c1-14(24-18-10-12-22-17-11-13-23-28(17)18)20-25-16-8-9-19(29-2)26-21(16)27(20)15-6-4-3-5-7-15/h3-14,24H,1-2H3. The highest BCUT2D eigenvalue weighted by molar-refractivity contribution is 5.75. The number of imidazole rings is 1. The number of rotatable bonds is 5. The van der Waals surface area contributed by atoms with E-state index in [1.807, 2.05) is 54.6 Å². The Morgan fingerprint density at radius 2 is 1.83 bits per heavy atom. The molecule has 29 heavy (non-hydrogen) atoms. The van der Waals surface area contributed by atoms with Gasteiger partial charge in [0.05, 0.1) is 19.3 Å². The molecule has 0 aliphatic rings. The number of nitrogens with zero attached hydrogens (tertiary/aromatic N) is 6. The number of hydrogen-bond donors (Lipinski definition) is 1. The lowest BCUT2D eigenvalue weighted by Gasteiger charge is -2.17. The summed E-state index contributed by atoms with van der Waals surface area (Å²) in [5, 5.41) is 7.85. The molecule has 0 bridgehead atoms. The van der Waals surface area contributed by atoms with Gasteiger partial charge in [-0.05, 0) is 31.2 Å². The highest BCUT2D eigenvalue weighted by atomic mass is 16.5. The lowest BCUT2D eigenvalue weighted by molar-refractivity contribution is 0.399. The van der Waals surface area contributed by atoms with E-state index >= 15 is 0 Å². The van der Waals surface area contributed by atoms with Gasteiger partial charge in [0, 0.05) is 24.0 Å². The Kier molecular flexibility index (Phi) is 4.09. The maximum Gasteiger partial charge on any atom is 0.215 e. The molecule has 0 spiro atoms. The second kappa shape index (κ2) is 6.90. The maximum atomic E-state index is 5.33. The van der Waals surface area contributed by atoms with E-state index in [-0.39, 0.29) is 6.04 Å². The lowest BCUT2D eigenvalue weighted by Crippen LogP contribution is -2.15. The van der Waals surface area contributed by atoms with E-state index in [2.05, 4.69) is 31.9 Å². The summed E-state index contributed by atoms with van der Waals surface area (Å²) in [5.74, 6) is 2.22. The molecule has 8 nitrogen and oxygen atoms in total. The Hall–Kier alpha value is -3.94. The zero-order valence-corrected chi connectivity index (χ0v) is 16.0. The zero-order chi connectivity index (χ0) is 19.8. The van der Waals surface area contributed by atoms with Crippen LogP contribution in [0.25, 0.3) is 22.5 Å². The third-order valence-corrected chi connectivity index (χ3v) is 4.77. The van der Waals surface area contributed by atoms with Gasteiger partial charge in [0.15, 0.2) is 11.3 Å². The molecule has 144 valence electrons. The first kappa shape index (κ1) is 17.2. The molecule has 0 aliphatic heterocycles. The largest absolute Gasteiger partial charge is 0.481 e. The second-order valence-corrected chi connectivity index (χ2v) is 6.63. The van der Waals surface area contributed by atoms with Crippen molar-refractivity contribution in [1.29, 1.82) is 0 Å². The molecule has 0 fully saturated rings. The molecule has 0 radical (unpaired) electrons. The molecule has 1 atom stereocenters.